The van der Waals surface area contributed by atoms with Crippen LogP contribution in [-0.4, -0.2) is 24.9 Å². The highest BCUT2D eigenvalue weighted by atomic mass is 35.5. The van der Waals surface area contributed by atoms with Crippen molar-refractivity contribution < 1.29 is 19.1 Å². The van der Waals surface area contributed by atoms with E-state index in [1.165, 1.54) is 13.2 Å². The minimum Gasteiger partial charge on any atom is -0.465 e. The van der Waals surface area contributed by atoms with Gasteiger partial charge in [-0.05, 0) is 35.9 Å². The monoisotopic (exact) mass is 360 g/mol. The van der Waals surface area contributed by atoms with E-state index in [4.69, 9.17) is 11.6 Å². The topological polar surface area (TPSA) is 84.5 Å². The Morgan fingerprint density at radius 1 is 1.04 bits per heavy atom. The third-order valence-electron chi connectivity index (χ3n) is 3.29. The van der Waals surface area contributed by atoms with Crippen LogP contribution in [0.25, 0.3) is 0 Å². The maximum Gasteiger partial charge on any atom is 0.337 e. The van der Waals surface area contributed by atoms with Gasteiger partial charge < -0.3 is 15.4 Å². The Labute approximate surface area is 150 Å². The van der Waals surface area contributed by atoms with E-state index in [9.17, 15) is 14.4 Å². The zero-order valence-electron chi connectivity index (χ0n) is 13.5. The Bertz CT molecular complexity index is 775. The first-order valence-electron chi connectivity index (χ1n) is 7.47. The van der Waals surface area contributed by atoms with E-state index in [2.05, 4.69) is 15.4 Å². The van der Waals surface area contributed by atoms with Crippen molar-refractivity contribution in [1.29, 1.82) is 0 Å². The van der Waals surface area contributed by atoms with E-state index in [-0.39, 0.29) is 6.42 Å². The number of hydrogen-bond acceptors (Lipinski definition) is 4. The summed E-state index contributed by atoms with van der Waals surface area (Å²) in [4.78, 5) is 35.2. The standard InChI is InChI=1S/C18H17ClN2O4/c1-25-18(24)13-3-2-4-15(9-13)21-17(23)10-16(22)20-11-12-5-7-14(19)8-6-12/h2-9H,10-11H2,1H3,(H,20,22)(H,21,23). The lowest BCUT2D eigenvalue weighted by Crippen LogP contribution is -2.27. The molecular weight excluding hydrogens is 344 g/mol. The molecule has 0 heterocycles. The molecule has 0 aliphatic carbocycles. The van der Waals surface area contributed by atoms with Gasteiger partial charge in [-0.3, -0.25) is 9.59 Å². The molecule has 0 fully saturated rings. The lowest BCUT2D eigenvalue weighted by atomic mass is 10.2. The average molecular weight is 361 g/mol. The van der Waals surface area contributed by atoms with Crippen molar-refractivity contribution in [1.82, 2.24) is 5.32 Å². The van der Waals surface area contributed by atoms with Gasteiger partial charge in [-0.2, -0.15) is 0 Å². The summed E-state index contributed by atoms with van der Waals surface area (Å²) in [5, 5.41) is 5.84. The minimum absolute atomic E-state index is 0.307. The molecule has 2 N–H and O–H groups in total. The molecule has 7 heteroatoms. The molecule has 2 amide bonds. The highest BCUT2D eigenvalue weighted by molar-refractivity contribution is 6.30. The van der Waals surface area contributed by atoms with E-state index in [0.717, 1.165) is 5.56 Å². The zero-order chi connectivity index (χ0) is 18.2. The molecule has 2 rings (SSSR count). The number of methoxy groups -OCH3 is 1. The maximum atomic E-state index is 11.9. The fourth-order valence-electron chi connectivity index (χ4n) is 2.06. The summed E-state index contributed by atoms with van der Waals surface area (Å²) in [7, 11) is 1.28. The van der Waals surface area contributed by atoms with Gasteiger partial charge in [0.1, 0.15) is 6.42 Å². The number of carbonyl (C=O) groups excluding carboxylic acids is 3. The third kappa shape index (κ3) is 5.93. The lowest BCUT2D eigenvalue weighted by molar-refractivity contribution is -0.126. The number of hydrogen-bond donors (Lipinski definition) is 2. The predicted octanol–water partition coefficient (Wildman–Crippen LogP) is 2.77. The molecule has 0 unspecified atom stereocenters. The van der Waals surface area contributed by atoms with Crippen molar-refractivity contribution in [3.63, 3.8) is 0 Å². The van der Waals surface area contributed by atoms with Gasteiger partial charge in [0, 0.05) is 17.3 Å². The molecule has 0 bridgehead atoms. The third-order valence-corrected chi connectivity index (χ3v) is 3.54. The number of ether oxygens (including phenoxy) is 1. The number of anilines is 1. The molecule has 2 aromatic rings. The first kappa shape index (κ1) is 18.5. The Morgan fingerprint density at radius 2 is 1.76 bits per heavy atom. The summed E-state index contributed by atoms with van der Waals surface area (Å²) in [6, 6.07) is 13.3. The van der Waals surface area contributed by atoms with Crippen LogP contribution in [0.5, 0.6) is 0 Å². The molecule has 0 aliphatic rings. The molecule has 0 saturated carbocycles. The quantitative estimate of drug-likeness (QED) is 0.612. The first-order chi connectivity index (χ1) is 12.0. The van der Waals surface area contributed by atoms with Crippen molar-refractivity contribution in [3.05, 3.63) is 64.7 Å². The molecule has 0 atom stereocenters. The van der Waals surface area contributed by atoms with Crippen LogP contribution in [0.15, 0.2) is 48.5 Å². The number of halogens is 1. The largest absolute Gasteiger partial charge is 0.465 e. The van der Waals surface area contributed by atoms with Crippen LogP contribution < -0.4 is 10.6 Å². The van der Waals surface area contributed by atoms with Gasteiger partial charge in [0.05, 0.1) is 12.7 Å². The van der Waals surface area contributed by atoms with Gasteiger partial charge in [-0.25, -0.2) is 4.79 Å². The van der Waals surface area contributed by atoms with Crippen LogP contribution in [0, 0.1) is 0 Å². The van der Waals surface area contributed by atoms with Gasteiger partial charge in [-0.15, -0.1) is 0 Å². The summed E-state index contributed by atoms with van der Waals surface area (Å²) in [6.07, 6.45) is -0.323. The Balaban J connectivity index is 1.84. The van der Waals surface area contributed by atoms with Crippen LogP contribution in [0.3, 0.4) is 0 Å². The van der Waals surface area contributed by atoms with Crippen LogP contribution in [0.2, 0.25) is 5.02 Å². The van der Waals surface area contributed by atoms with Crippen LogP contribution in [0.1, 0.15) is 22.3 Å². The summed E-state index contributed by atoms with van der Waals surface area (Å²) < 4.78 is 4.62. The lowest BCUT2D eigenvalue weighted by Gasteiger charge is -2.08. The normalized spacial score (nSPS) is 10.0. The first-order valence-corrected chi connectivity index (χ1v) is 7.85. The number of carbonyl (C=O) groups is 3. The molecule has 0 spiro atoms. The number of amides is 2. The average Bonchev–Trinajstić information content (AvgIpc) is 2.60. The van der Waals surface area contributed by atoms with Crippen molar-refractivity contribution >= 4 is 35.1 Å². The fourth-order valence-corrected chi connectivity index (χ4v) is 2.18. The number of benzene rings is 2. The van der Waals surface area contributed by atoms with Gasteiger partial charge in [0.25, 0.3) is 0 Å². The second-order valence-corrected chi connectivity index (χ2v) is 5.64. The second kappa shape index (κ2) is 8.84. The van der Waals surface area contributed by atoms with E-state index < -0.39 is 17.8 Å². The van der Waals surface area contributed by atoms with Crippen molar-refractivity contribution in [2.24, 2.45) is 0 Å². The van der Waals surface area contributed by atoms with Gasteiger partial charge in [0.2, 0.25) is 11.8 Å². The molecule has 25 heavy (non-hydrogen) atoms. The second-order valence-electron chi connectivity index (χ2n) is 5.20. The number of rotatable bonds is 6. The van der Waals surface area contributed by atoms with Crippen molar-refractivity contribution in [2.45, 2.75) is 13.0 Å². The molecule has 0 saturated heterocycles. The van der Waals surface area contributed by atoms with Crippen molar-refractivity contribution in [3.8, 4) is 0 Å². The van der Waals surface area contributed by atoms with Crippen molar-refractivity contribution in [2.75, 3.05) is 12.4 Å². The summed E-state index contributed by atoms with van der Waals surface area (Å²) in [5.74, 6) is -1.39. The Morgan fingerprint density at radius 3 is 2.44 bits per heavy atom. The molecule has 0 radical (unpaired) electrons. The molecule has 0 aliphatic heterocycles. The minimum atomic E-state index is -0.503. The molecule has 0 aromatic heterocycles. The highest BCUT2D eigenvalue weighted by Gasteiger charge is 2.11. The SMILES string of the molecule is COC(=O)c1cccc(NC(=O)CC(=O)NCc2ccc(Cl)cc2)c1. The fraction of sp³-hybridized carbons (Fsp3) is 0.167. The van der Waals surface area contributed by atoms with Crippen LogP contribution >= 0.6 is 11.6 Å². The summed E-state index contributed by atoms with van der Waals surface area (Å²) >= 11 is 5.79. The molecule has 2 aromatic carbocycles. The van der Waals surface area contributed by atoms with E-state index in [1.54, 1.807) is 42.5 Å². The molecule has 6 nitrogen and oxygen atoms in total. The smallest absolute Gasteiger partial charge is 0.337 e. The van der Waals surface area contributed by atoms with Gasteiger partial charge in [-0.1, -0.05) is 29.8 Å². The number of esters is 1. The van der Waals surface area contributed by atoms with E-state index in [0.29, 0.717) is 22.8 Å². The number of nitrogens with one attached hydrogen (secondary N) is 2. The molecular formula is C18H17ClN2O4. The zero-order valence-corrected chi connectivity index (χ0v) is 14.3. The predicted molar refractivity (Wildman–Crippen MR) is 94.3 cm³/mol. The summed E-state index contributed by atoms with van der Waals surface area (Å²) in [5.41, 5.74) is 1.61. The maximum absolute atomic E-state index is 11.9. The van der Waals surface area contributed by atoms with Crippen LogP contribution in [-0.2, 0) is 20.9 Å². The Hall–Kier alpha value is -2.86. The van der Waals surface area contributed by atoms with Crippen LogP contribution in [0.4, 0.5) is 5.69 Å². The highest BCUT2D eigenvalue weighted by Crippen LogP contribution is 2.12. The Kier molecular flexibility index (Phi) is 6.54. The molecule has 130 valence electrons. The van der Waals surface area contributed by atoms with E-state index in [1.807, 2.05) is 0 Å². The van der Waals surface area contributed by atoms with E-state index >= 15 is 0 Å². The van der Waals surface area contributed by atoms with Gasteiger partial charge in [0.15, 0.2) is 0 Å². The summed E-state index contributed by atoms with van der Waals surface area (Å²) in [6.45, 7) is 0.307. The van der Waals surface area contributed by atoms with Gasteiger partial charge >= 0.3 is 5.97 Å².